The van der Waals surface area contributed by atoms with Gasteiger partial charge in [0.1, 0.15) is 11.4 Å². The molecule has 26 heavy (non-hydrogen) atoms. The number of alkyl halides is 3. The van der Waals surface area contributed by atoms with E-state index in [2.05, 4.69) is 20.0 Å². The van der Waals surface area contributed by atoms with Gasteiger partial charge < -0.3 is 15.2 Å². The number of benzene rings is 1. The highest BCUT2D eigenvalue weighted by Crippen LogP contribution is 2.26. The number of carbonyl (C=O) groups is 1. The second-order valence-electron chi connectivity index (χ2n) is 5.97. The Labute approximate surface area is 152 Å². The van der Waals surface area contributed by atoms with Crippen LogP contribution in [0.15, 0.2) is 30.3 Å². The topological polar surface area (TPSA) is 84.3 Å². The second-order valence-corrected chi connectivity index (χ2v) is 6.31. The molecule has 140 valence electrons. The van der Waals surface area contributed by atoms with Crippen LogP contribution in [-0.4, -0.2) is 39.5 Å². The van der Waals surface area contributed by atoms with E-state index in [1.807, 2.05) is 0 Å². The first kappa shape index (κ1) is 19.9. The number of aliphatic hydroxyl groups is 1. The van der Waals surface area contributed by atoms with Gasteiger partial charge in [0, 0.05) is 12.1 Å². The lowest BCUT2D eigenvalue weighted by Crippen LogP contribution is -2.38. The molecule has 1 heterocycles. The molecule has 0 aliphatic heterocycles. The van der Waals surface area contributed by atoms with Crippen LogP contribution in [0.2, 0.25) is 5.28 Å². The van der Waals surface area contributed by atoms with Gasteiger partial charge in [-0.25, -0.2) is 9.97 Å². The Morgan fingerprint density at radius 3 is 2.38 bits per heavy atom. The molecule has 2 aromatic rings. The molecule has 0 aliphatic carbocycles. The van der Waals surface area contributed by atoms with Crippen molar-refractivity contribution in [3.8, 4) is 17.0 Å². The van der Waals surface area contributed by atoms with Gasteiger partial charge in [0.05, 0.1) is 11.3 Å². The van der Waals surface area contributed by atoms with Gasteiger partial charge in [0.15, 0.2) is 0 Å². The molecule has 0 unspecified atom stereocenters. The molecule has 0 radical (unpaired) electrons. The summed E-state index contributed by atoms with van der Waals surface area (Å²) >= 11 is 5.83. The third-order valence-corrected chi connectivity index (χ3v) is 3.17. The van der Waals surface area contributed by atoms with E-state index in [0.717, 1.165) is 12.1 Å². The average molecular weight is 390 g/mol. The van der Waals surface area contributed by atoms with Gasteiger partial charge in [-0.05, 0) is 55.8 Å². The summed E-state index contributed by atoms with van der Waals surface area (Å²) in [6, 6.07) is 6.27. The molecule has 0 spiro atoms. The molecule has 10 heteroatoms. The van der Waals surface area contributed by atoms with Crippen LogP contribution in [0.25, 0.3) is 11.3 Å². The third kappa shape index (κ3) is 6.16. The van der Waals surface area contributed by atoms with Gasteiger partial charge in [-0.3, -0.25) is 4.79 Å². The molecule has 0 saturated heterocycles. The fourth-order valence-corrected chi connectivity index (χ4v) is 2.08. The number of hydrogen-bond acceptors (Lipinski definition) is 5. The van der Waals surface area contributed by atoms with Crippen LogP contribution in [0.3, 0.4) is 0 Å². The molecule has 2 N–H and O–H groups in total. The molecule has 0 atom stereocenters. The Balaban J connectivity index is 2.22. The largest absolute Gasteiger partial charge is 0.573 e. The molecular formula is C16H15ClF3N3O3. The summed E-state index contributed by atoms with van der Waals surface area (Å²) < 4.78 is 40.4. The lowest BCUT2D eigenvalue weighted by atomic mass is 10.1. The van der Waals surface area contributed by atoms with Gasteiger partial charge in [-0.15, -0.1) is 13.2 Å². The maximum atomic E-state index is 12.2. The van der Waals surface area contributed by atoms with Crippen molar-refractivity contribution < 1.29 is 27.8 Å². The standard InChI is InChI=1S/C16H15ClF3N3O3/c1-15(2,25)8-21-13(24)12-7-11(22-14(17)23-12)9-3-5-10(6-4-9)26-16(18,19)20/h3-7,25H,8H2,1-2H3,(H,21,24). The number of hydrogen-bond donors (Lipinski definition) is 2. The number of halogens is 4. The van der Waals surface area contributed by atoms with Crippen LogP contribution in [0.5, 0.6) is 5.75 Å². The summed E-state index contributed by atoms with van der Waals surface area (Å²) in [5, 5.41) is 11.9. The van der Waals surface area contributed by atoms with Crippen LogP contribution in [0.1, 0.15) is 24.3 Å². The van der Waals surface area contributed by atoms with Gasteiger partial charge in [0.2, 0.25) is 5.28 Å². The first-order valence-corrected chi connectivity index (χ1v) is 7.72. The van der Waals surface area contributed by atoms with Gasteiger partial charge >= 0.3 is 6.36 Å². The average Bonchev–Trinajstić information content (AvgIpc) is 2.50. The number of nitrogens with one attached hydrogen (secondary N) is 1. The van der Waals surface area contributed by atoms with E-state index in [1.54, 1.807) is 0 Å². The van der Waals surface area contributed by atoms with E-state index < -0.39 is 17.9 Å². The molecule has 0 bridgehead atoms. The third-order valence-electron chi connectivity index (χ3n) is 3.00. The van der Waals surface area contributed by atoms with Crippen LogP contribution >= 0.6 is 11.6 Å². The molecule has 6 nitrogen and oxygen atoms in total. The molecule has 1 aromatic carbocycles. The monoisotopic (exact) mass is 389 g/mol. The summed E-state index contributed by atoms with van der Waals surface area (Å²) in [6.45, 7) is 3.04. The molecule has 0 aliphatic rings. The highest BCUT2D eigenvalue weighted by Gasteiger charge is 2.31. The summed E-state index contributed by atoms with van der Waals surface area (Å²) in [5.74, 6) is -0.959. The minimum absolute atomic E-state index is 0.00767. The number of ether oxygens (including phenoxy) is 1. The smallest absolute Gasteiger partial charge is 0.406 e. The number of carbonyl (C=O) groups excluding carboxylic acids is 1. The van der Waals surface area contributed by atoms with Crippen molar-refractivity contribution in [2.45, 2.75) is 25.8 Å². The van der Waals surface area contributed by atoms with Crippen LogP contribution in [-0.2, 0) is 0 Å². The van der Waals surface area contributed by atoms with Crippen molar-refractivity contribution in [3.05, 3.63) is 41.3 Å². The fraction of sp³-hybridized carbons (Fsp3) is 0.312. The van der Waals surface area contributed by atoms with E-state index in [1.165, 1.54) is 32.0 Å². The molecule has 0 saturated carbocycles. The summed E-state index contributed by atoms with van der Waals surface area (Å²) in [4.78, 5) is 19.9. The van der Waals surface area contributed by atoms with Crippen molar-refractivity contribution in [2.24, 2.45) is 0 Å². The Morgan fingerprint density at radius 2 is 1.85 bits per heavy atom. The predicted octanol–water partition coefficient (Wildman–Crippen LogP) is 3.20. The van der Waals surface area contributed by atoms with Crippen LogP contribution < -0.4 is 10.1 Å². The van der Waals surface area contributed by atoms with Crippen molar-refractivity contribution in [1.82, 2.24) is 15.3 Å². The minimum Gasteiger partial charge on any atom is -0.406 e. The number of amides is 1. The Bertz CT molecular complexity index is 790. The quantitative estimate of drug-likeness (QED) is 0.767. The van der Waals surface area contributed by atoms with E-state index in [-0.39, 0.29) is 29.0 Å². The summed E-state index contributed by atoms with van der Waals surface area (Å²) in [5.41, 5.74) is -0.485. The summed E-state index contributed by atoms with van der Waals surface area (Å²) in [7, 11) is 0. The highest BCUT2D eigenvalue weighted by molar-refractivity contribution is 6.28. The minimum atomic E-state index is -4.79. The molecular weight excluding hydrogens is 375 g/mol. The lowest BCUT2D eigenvalue weighted by Gasteiger charge is -2.17. The van der Waals surface area contributed by atoms with Crippen LogP contribution in [0, 0.1) is 0 Å². The van der Waals surface area contributed by atoms with Crippen molar-refractivity contribution in [1.29, 1.82) is 0 Å². The molecule has 1 amide bonds. The lowest BCUT2D eigenvalue weighted by molar-refractivity contribution is -0.274. The molecule has 2 rings (SSSR count). The van der Waals surface area contributed by atoms with E-state index in [0.29, 0.717) is 5.56 Å². The first-order valence-electron chi connectivity index (χ1n) is 7.34. The van der Waals surface area contributed by atoms with Crippen LogP contribution in [0.4, 0.5) is 13.2 Å². The van der Waals surface area contributed by atoms with Gasteiger partial charge in [-0.2, -0.15) is 0 Å². The predicted molar refractivity (Wildman–Crippen MR) is 87.8 cm³/mol. The van der Waals surface area contributed by atoms with Gasteiger partial charge in [0.25, 0.3) is 5.91 Å². The maximum Gasteiger partial charge on any atom is 0.573 e. The van der Waals surface area contributed by atoms with Gasteiger partial charge in [-0.1, -0.05) is 0 Å². The van der Waals surface area contributed by atoms with Crippen molar-refractivity contribution in [2.75, 3.05) is 6.54 Å². The van der Waals surface area contributed by atoms with E-state index in [4.69, 9.17) is 11.6 Å². The Morgan fingerprint density at radius 1 is 1.23 bits per heavy atom. The summed E-state index contributed by atoms with van der Waals surface area (Å²) in [6.07, 6.45) is -4.79. The number of nitrogens with zero attached hydrogens (tertiary/aromatic N) is 2. The van der Waals surface area contributed by atoms with Crippen molar-refractivity contribution >= 4 is 17.5 Å². The number of aromatic nitrogens is 2. The van der Waals surface area contributed by atoms with Crippen molar-refractivity contribution in [3.63, 3.8) is 0 Å². The molecule has 1 aromatic heterocycles. The zero-order chi connectivity index (χ0) is 19.5. The fourth-order valence-electron chi connectivity index (χ4n) is 1.90. The zero-order valence-electron chi connectivity index (χ0n) is 13.8. The highest BCUT2D eigenvalue weighted by atomic mass is 35.5. The molecule has 0 fully saturated rings. The SMILES string of the molecule is CC(C)(O)CNC(=O)c1cc(-c2ccc(OC(F)(F)F)cc2)nc(Cl)n1. The van der Waals surface area contributed by atoms with E-state index in [9.17, 15) is 23.1 Å². The second kappa shape index (κ2) is 7.46. The number of rotatable bonds is 5. The Kier molecular flexibility index (Phi) is 5.72. The Hall–Kier alpha value is -2.39. The maximum absolute atomic E-state index is 12.2. The zero-order valence-corrected chi connectivity index (χ0v) is 14.5. The van der Waals surface area contributed by atoms with E-state index >= 15 is 0 Å². The normalized spacial score (nSPS) is 12.0. The first-order chi connectivity index (χ1) is 11.9.